The van der Waals surface area contributed by atoms with Crippen molar-refractivity contribution in [3.05, 3.63) is 0 Å². The fraction of sp³-hybridized carbons (Fsp3) is 0.778. The average Bonchev–Trinajstić information content (AvgIpc) is 2.01. The zero-order valence-electron chi connectivity index (χ0n) is 7.68. The van der Waals surface area contributed by atoms with Gasteiger partial charge in [-0.2, -0.15) is 5.26 Å². The van der Waals surface area contributed by atoms with Crippen molar-refractivity contribution in [2.24, 2.45) is 5.92 Å². The van der Waals surface area contributed by atoms with Crippen LogP contribution in [-0.2, 0) is 4.79 Å². The third kappa shape index (κ3) is 3.43. The standard InChI is InChI=1S/C9H15N3O/c10-4-2-1-3-5-12-9(13)8-6-11-7-8/h8,11H,1-3,5-7H2,(H,12,13). The van der Waals surface area contributed by atoms with Crippen molar-refractivity contribution in [1.82, 2.24) is 10.6 Å². The van der Waals surface area contributed by atoms with Gasteiger partial charge >= 0.3 is 0 Å². The van der Waals surface area contributed by atoms with E-state index in [1.165, 1.54) is 0 Å². The summed E-state index contributed by atoms with van der Waals surface area (Å²) in [4.78, 5) is 11.2. The molecule has 1 heterocycles. The first-order valence-electron chi connectivity index (χ1n) is 4.70. The highest BCUT2D eigenvalue weighted by Gasteiger charge is 2.23. The van der Waals surface area contributed by atoms with E-state index in [9.17, 15) is 4.79 Å². The van der Waals surface area contributed by atoms with Crippen molar-refractivity contribution >= 4 is 5.91 Å². The minimum Gasteiger partial charge on any atom is -0.356 e. The highest BCUT2D eigenvalue weighted by molar-refractivity contribution is 5.79. The lowest BCUT2D eigenvalue weighted by molar-refractivity contribution is -0.126. The van der Waals surface area contributed by atoms with Crippen molar-refractivity contribution in [1.29, 1.82) is 5.26 Å². The molecule has 2 N–H and O–H groups in total. The van der Waals surface area contributed by atoms with Crippen LogP contribution in [0.25, 0.3) is 0 Å². The van der Waals surface area contributed by atoms with Crippen molar-refractivity contribution in [3.8, 4) is 6.07 Å². The number of hydrogen-bond donors (Lipinski definition) is 2. The second kappa shape index (κ2) is 5.55. The molecule has 13 heavy (non-hydrogen) atoms. The van der Waals surface area contributed by atoms with Crippen LogP contribution in [0, 0.1) is 17.2 Å². The Hall–Kier alpha value is -1.08. The lowest BCUT2D eigenvalue weighted by Gasteiger charge is -2.25. The topological polar surface area (TPSA) is 64.9 Å². The zero-order valence-corrected chi connectivity index (χ0v) is 7.68. The number of hydrogen-bond acceptors (Lipinski definition) is 3. The van der Waals surface area contributed by atoms with Gasteiger partial charge in [-0.1, -0.05) is 0 Å². The largest absolute Gasteiger partial charge is 0.356 e. The number of unbranched alkanes of at least 4 members (excludes halogenated alkanes) is 2. The molecule has 0 aromatic rings. The highest BCUT2D eigenvalue weighted by Crippen LogP contribution is 2.02. The van der Waals surface area contributed by atoms with Crippen LogP contribution in [0.1, 0.15) is 19.3 Å². The van der Waals surface area contributed by atoms with E-state index >= 15 is 0 Å². The molecule has 4 heteroatoms. The Kier molecular flexibility index (Phi) is 4.27. The predicted octanol–water partition coefficient (Wildman–Crippen LogP) is 0.0159. The summed E-state index contributed by atoms with van der Waals surface area (Å²) in [6.45, 7) is 2.32. The fourth-order valence-corrected chi connectivity index (χ4v) is 1.16. The first kappa shape index (κ1) is 10.0. The maximum Gasteiger partial charge on any atom is 0.225 e. The van der Waals surface area contributed by atoms with Crippen LogP contribution >= 0.6 is 0 Å². The molecule has 0 aromatic carbocycles. The summed E-state index contributed by atoms with van der Waals surface area (Å²) in [6.07, 6.45) is 2.36. The second-order valence-corrected chi connectivity index (χ2v) is 3.26. The van der Waals surface area contributed by atoms with Gasteiger partial charge in [0.1, 0.15) is 0 Å². The third-order valence-corrected chi connectivity index (χ3v) is 2.17. The van der Waals surface area contributed by atoms with Crippen LogP contribution in [0.3, 0.4) is 0 Å². The molecule has 0 bridgehead atoms. The van der Waals surface area contributed by atoms with Crippen molar-refractivity contribution < 1.29 is 4.79 Å². The minimum atomic E-state index is 0.149. The number of rotatable bonds is 5. The molecule has 0 unspecified atom stereocenters. The maximum absolute atomic E-state index is 11.2. The van der Waals surface area contributed by atoms with E-state index in [-0.39, 0.29) is 11.8 Å². The second-order valence-electron chi connectivity index (χ2n) is 3.26. The average molecular weight is 181 g/mol. The van der Waals surface area contributed by atoms with Gasteiger partial charge < -0.3 is 10.6 Å². The molecule has 0 radical (unpaired) electrons. The van der Waals surface area contributed by atoms with Crippen molar-refractivity contribution in [2.45, 2.75) is 19.3 Å². The molecular weight excluding hydrogens is 166 g/mol. The smallest absolute Gasteiger partial charge is 0.225 e. The normalized spacial score (nSPS) is 15.9. The van der Waals surface area contributed by atoms with Gasteiger partial charge in [0, 0.05) is 26.1 Å². The van der Waals surface area contributed by atoms with Gasteiger partial charge in [0.05, 0.1) is 12.0 Å². The summed E-state index contributed by atoms with van der Waals surface area (Å²) >= 11 is 0. The van der Waals surface area contributed by atoms with Crippen LogP contribution in [-0.4, -0.2) is 25.5 Å². The van der Waals surface area contributed by atoms with Crippen LogP contribution in [0.4, 0.5) is 0 Å². The summed E-state index contributed by atoms with van der Waals surface area (Å²) in [5, 5.41) is 14.2. The number of nitrogens with zero attached hydrogens (tertiary/aromatic N) is 1. The Bertz CT molecular complexity index is 205. The number of carbonyl (C=O) groups excluding carboxylic acids is 1. The number of nitrogens with one attached hydrogen (secondary N) is 2. The van der Waals surface area contributed by atoms with Gasteiger partial charge in [-0.25, -0.2) is 0 Å². The van der Waals surface area contributed by atoms with E-state index in [0.29, 0.717) is 13.0 Å². The number of amides is 1. The van der Waals surface area contributed by atoms with E-state index < -0.39 is 0 Å². The van der Waals surface area contributed by atoms with E-state index in [1.807, 2.05) is 0 Å². The van der Waals surface area contributed by atoms with E-state index in [4.69, 9.17) is 5.26 Å². The van der Waals surface area contributed by atoms with E-state index in [0.717, 1.165) is 25.9 Å². The molecule has 1 fully saturated rings. The SMILES string of the molecule is N#CCCCCNC(=O)C1CNC1. The maximum atomic E-state index is 11.2. The fourth-order valence-electron chi connectivity index (χ4n) is 1.16. The Labute approximate surface area is 78.3 Å². The summed E-state index contributed by atoms with van der Waals surface area (Å²) in [7, 11) is 0. The van der Waals surface area contributed by atoms with Gasteiger partial charge in [0.2, 0.25) is 5.91 Å². The Morgan fingerprint density at radius 3 is 2.85 bits per heavy atom. The van der Waals surface area contributed by atoms with Gasteiger partial charge in [-0.3, -0.25) is 4.79 Å². The molecule has 0 spiro atoms. The van der Waals surface area contributed by atoms with Crippen molar-refractivity contribution in [2.75, 3.05) is 19.6 Å². The molecule has 1 aliphatic heterocycles. The van der Waals surface area contributed by atoms with Gasteiger partial charge in [-0.15, -0.1) is 0 Å². The van der Waals surface area contributed by atoms with Crippen LogP contribution in [0.2, 0.25) is 0 Å². The summed E-state index contributed by atoms with van der Waals surface area (Å²) in [5.74, 6) is 0.326. The molecule has 0 atom stereocenters. The molecule has 0 aliphatic carbocycles. The van der Waals surface area contributed by atoms with E-state index in [2.05, 4.69) is 16.7 Å². The van der Waals surface area contributed by atoms with Crippen LogP contribution in [0.5, 0.6) is 0 Å². The molecule has 0 saturated carbocycles. The quantitative estimate of drug-likeness (QED) is 0.587. The number of nitriles is 1. The molecule has 1 rings (SSSR count). The molecule has 0 aromatic heterocycles. The summed E-state index contributed by atoms with van der Waals surface area (Å²) in [5.41, 5.74) is 0. The molecule has 1 saturated heterocycles. The summed E-state index contributed by atoms with van der Waals surface area (Å²) in [6, 6.07) is 2.08. The first-order valence-corrected chi connectivity index (χ1v) is 4.70. The Morgan fingerprint density at radius 2 is 2.31 bits per heavy atom. The molecular formula is C9H15N3O. The molecule has 1 amide bonds. The van der Waals surface area contributed by atoms with Crippen LogP contribution < -0.4 is 10.6 Å². The van der Waals surface area contributed by atoms with Crippen molar-refractivity contribution in [3.63, 3.8) is 0 Å². The molecule has 1 aliphatic rings. The van der Waals surface area contributed by atoms with Gasteiger partial charge in [0.25, 0.3) is 0 Å². The lowest BCUT2D eigenvalue weighted by Crippen LogP contribution is -2.50. The Morgan fingerprint density at radius 1 is 1.54 bits per heavy atom. The zero-order chi connectivity index (χ0) is 9.52. The predicted molar refractivity (Wildman–Crippen MR) is 48.8 cm³/mol. The van der Waals surface area contributed by atoms with Gasteiger partial charge in [-0.05, 0) is 12.8 Å². The van der Waals surface area contributed by atoms with E-state index in [1.54, 1.807) is 0 Å². The van der Waals surface area contributed by atoms with Gasteiger partial charge in [0.15, 0.2) is 0 Å². The summed E-state index contributed by atoms with van der Waals surface area (Å²) < 4.78 is 0. The first-order chi connectivity index (χ1) is 6.34. The minimum absolute atomic E-state index is 0.149. The van der Waals surface area contributed by atoms with Crippen LogP contribution in [0.15, 0.2) is 0 Å². The Balaban J connectivity index is 1.93. The molecule has 72 valence electrons. The highest BCUT2D eigenvalue weighted by atomic mass is 16.2. The number of carbonyl (C=O) groups is 1. The monoisotopic (exact) mass is 181 g/mol. The lowest BCUT2D eigenvalue weighted by atomic mass is 10.0. The molecule has 4 nitrogen and oxygen atoms in total. The third-order valence-electron chi connectivity index (χ3n) is 2.17.